The lowest BCUT2D eigenvalue weighted by molar-refractivity contribution is 0.0750. The lowest BCUT2D eigenvalue weighted by atomic mass is 10.1. The molecule has 8 heteroatoms. The predicted octanol–water partition coefficient (Wildman–Crippen LogP) is 4.86. The number of benzene rings is 1. The van der Waals surface area contributed by atoms with Gasteiger partial charge in [-0.3, -0.25) is 4.98 Å². The average Bonchev–Trinajstić information content (AvgIpc) is 3.17. The molecular weight excluding hydrogens is 422 g/mol. The van der Waals surface area contributed by atoms with Gasteiger partial charge < -0.3 is 14.8 Å². The molecule has 0 saturated heterocycles. The quantitative estimate of drug-likeness (QED) is 0.548. The van der Waals surface area contributed by atoms with E-state index in [0.29, 0.717) is 19.0 Å². The van der Waals surface area contributed by atoms with Crippen molar-refractivity contribution >= 4 is 17.4 Å². The van der Waals surface area contributed by atoms with Gasteiger partial charge in [-0.05, 0) is 51.3 Å². The summed E-state index contributed by atoms with van der Waals surface area (Å²) < 4.78 is 14.0. The van der Waals surface area contributed by atoms with Gasteiger partial charge in [0.2, 0.25) is 0 Å². The van der Waals surface area contributed by atoms with Crippen LogP contribution in [0.15, 0.2) is 42.6 Å². The third-order valence-corrected chi connectivity index (χ3v) is 5.85. The summed E-state index contributed by atoms with van der Waals surface area (Å²) in [7, 11) is 0. The first-order chi connectivity index (χ1) is 15.3. The third kappa shape index (κ3) is 5.35. The summed E-state index contributed by atoms with van der Waals surface area (Å²) >= 11 is 1.80. The zero-order chi connectivity index (χ0) is 22.7. The normalized spacial score (nSPS) is 16.6. The van der Waals surface area contributed by atoms with Crippen LogP contribution in [-0.4, -0.2) is 50.0 Å². The Balaban J connectivity index is 1.57. The van der Waals surface area contributed by atoms with Gasteiger partial charge in [0.05, 0.1) is 18.4 Å². The number of fused-ring (bicyclic) bond motifs is 1. The molecule has 1 aliphatic heterocycles. The molecule has 0 aliphatic carbocycles. The van der Waals surface area contributed by atoms with Crippen molar-refractivity contribution in [2.45, 2.75) is 51.8 Å². The molecule has 1 N–H and O–H groups in total. The SMILES string of the molecule is CSCC(C)c1nc(-c2ccc(NC(C)(C)C)cn2)nn1CC1COc2ccccc2O1. The third-order valence-electron chi connectivity index (χ3n) is 5.01. The van der Waals surface area contributed by atoms with E-state index in [-0.39, 0.29) is 17.6 Å². The zero-order valence-electron chi connectivity index (χ0n) is 19.3. The first kappa shape index (κ1) is 22.5. The van der Waals surface area contributed by atoms with E-state index in [4.69, 9.17) is 19.6 Å². The number of nitrogens with one attached hydrogen (secondary N) is 1. The second kappa shape index (κ2) is 9.40. The lowest BCUT2D eigenvalue weighted by Crippen LogP contribution is -2.34. The van der Waals surface area contributed by atoms with Gasteiger partial charge >= 0.3 is 0 Å². The van der Waals surface area contributed by atoms with Crippen LogP contribution in [0.1, 0.15) is 39.4 Å². The van der Waals surface area contributed by atoms with Gasteiger partial charge in [0.15, 0.2) is 23.4 Å². The van der Waals surface area contributed by atoms with Crippen molar-refractivity contribution in [3.63, 3.8) is 0 Å². The molecule has 0 bridgehead atoms. The highest BCUT2D eigenvalue weighted by molar-refractivity contribution is 7.98. The fraction of sp³-hybridized carbons (Fsp3) is 0.458. The maximum atomic E-state index is 6.16. The van der Waals surface area contributed by atoms with Gasteiger partial charge in [-0.25, -0.2) is 9.67 Å². The largest absolute Gasteiger partial charge is 0.486 e. The number of ether oxygens (including phenoxy) is 2. The van der Waals surface area contributed by atoms with Crippen molar-refractivity contribution in [3.8, 4) is 23.0 Å². The summed E-state index contributed by atoms with van der Waals surface area (Å²) in [4.78, 5) is 9.48. The molecule has 7 nitrogen and oxygen atoms in total. The Morgan fingerprint density at radius 2 is 1.97 bits per heavy atom. The summed E-state index contributed by atoms with van der Waals surface area (Å²) in [5.74, 6) is 4.34. The molecule has 0 saturated carbocycles. The summed E-state index contributed by atoms with van der Waals surface area (Å²) in [5, 5.41) is 8.25. The van der Waals surface area contributed by atoms with Crippen LogP contribution in [0.5, 0.6) is 11.5 Å². The van der Waals surface area contributed by atoms with E-state index in [1.165, 1.54) is 0 Å². The molecule has 2 aromatic heterocycles. The number of hydrogen-bond acceptors (Lipinski definition) is 7. The first-order valence-corrected chi connectivity index (χ1v) is 12.3. The highest BCUT2D eigenvalue weighted by atomic mass is 32.2. The fourth-order valence-electron chi connectivity index (χ4n) is 3.67. The molecule has 0 radical (unpaired) electrons. The molecule has 3 heterocycles. The van der Waals surface area contributed by atoms with Crippen LogP contribution in [0.3, 0.4) is 0 Å². The van der Waals surface area contributed by atoms with Crippen molar-refractivity contribution in [3.05, 3.63) is 48.4 Å². The first-order valence-electron chi connectivity index (χ1n) is 10.9. The van der Waals surface area contributed by atoms with Crippen LogP contribution in [0.25, 0.3) is 11.5 Å². The van der Waals surface area contributed by atoms with Crippen molar-refractivity contribution in [2.75, 3.05) is 23.9 Å². The van der Waals surface area contributed by atoms with Crippen molar-refractivity contribution < 1.29 is 9.47 Å². The van der Waals surface area contributed by atoms with Gasteiger partial charge in [0.1, 0.15) is 18.1 Å². The van der Waals surface area contributed by atoms with Crippen molar-refractivity contribution in [2.24, 2.45) is 0 Å². The second-order valence-corrected chi connectivity index (χ2v) is 10.0. The summed E-state index contributed by atoms with van der Waals surface area (Å²) in [6, 6.07) is 11.7. The van der Waals surface area contributed by atoms with Crippen molar-refractivity contribution in [1.29, 1.82) is 0 Å². The lowest BCUT2D eigenvalue weighted by Gasteiger charge is -2.26. The Morgan fingerprint density at radius 3 is 2.66 bits per heavy atom. The maximum absolute atomic E-state index is 6.16. The number of thioether (sulfide) groups is 1. The molecule has 0 fully saturated rings. The number of rotatable bonds is 7. The number of hydrogen-bond donors (Lipinski definition) is 1. The Bertz CT molecular complexity index is 1050. The molecule has 4 rings (SSSR count). The molecule has 0 spiro atoms. The van der Waals surface area contributed by atoms with E-state index in [2.05, 4.69) is 44.3 Å². The minimum absolute atomic E-state index is 0.0237. The maximum Gasteiger partial charge on any atom is 0.200 e. The van der Waals surface area contributed by atoms with Crippen LogP contribution in [0.2, 0.25) is 0 Å². The number of anilines is 1. The van der Waals surface area contributed by atoms with E-state index in [1.807, 2.05) is 47.3 Å². The number of nitrogens with zero attached hydrogens (tertiary/aromatic N) is 4. The fourth-order valence-corrected chi connectivity index (χ4v) is 4.31. The van der Waals surface area contributed by atoms with Gasteiger partial charge in [0, 0.05) is 17.2 Å². The molecule has 32 heavy (non-hydrogen) atoms. The summed E-state index contributed by atoms with van der Waals surface area (Å²) in [6.07, 6.45) is 3.81. The van der Waals surface area contributed by atoms with Gasteiger partial charge in [-0.15, -0.1) is 5.10 Å². The highest BCUT2D eigenvalue weighted by Gasteiger charge is 2.25. The minimum atomic E-state index is -0.133. The van der Waals surface area contributed by atoms with Crippen LogP contribution in [0, 0.1) is 0 Å². The minimum Gasteiger partial charge on any atom is -0.486 e. The standard InChI is InChI=1S/C24H31N5O2S/c1-16(15-32-5)23-26-22(19-11-10-17(12-25-19)27-24(2,3)4)28-29(23)13-18-14-30-20-8-6-7-9-21(20)31-18/h6-12,16,18,27H,13-15H2,1-5H3. The van der Waals surface area contributed by atoms with E-state index in [1.54, 1.807) is 11.8 Å². The number of para-hydroxylation sites is 2. The highest BCUT2D eigenvalue weighted by Crippen LogP contribution is 2.32. The Morgan fingerprint density at radius 1 is 1.19 bits per heavy atom. The molecule has 2 atom stereocenters. The van der Waals surface area contributed by atoms with Gasteiger partial charge in [0.25, 0.3) is 0 Å². The smallest absolute Gasteiger partial charge is 0.200 e. The molecule has 170 valence electrons. The number of aromatic nitrogens is 4. The van der Waals surface area contributed by atoms with Crippen LogP contribution < -0.4 is 14.8 Å². The topological polar surface area (TPSA) is 74.1 Å². The van der Waals surface area contributed by atoms with Crippen LogP contribution in [-0.2, 0) is 6.54 Å². The zero-order valence-corrected chi connectivity index (χ0v) is 20.1. The van der Waals surface area contributed by atoms with Crippen LogP contribution >= 0.6 is 11.8 Å². The average molecular weight is 454 g/mol. The molecule has 3 aromatic rings. The molecule has 1 aliphatic rings. The summed E-state index contributed by atoms with van der Waals surface area (Å²) in [5.41, 5.74) is 1.71. The molecule has 1 aromatic carbocycles. The number of pyridine rings is 1. The monoisotopic (exact) mass is 453 g/mol. The van der Waals surface area contributed by atoms with Crippen LogP contribution in [0.4, 0.5) is 5.69 Å². The predicted molar refractivity (Wildman–Crippen MR) is 130 cm³/mol. The van der Waals surface area contributed by atoms with E-state index in [0.717, 1.165) is 34.5 Å². The molecule has 2 unspecified atom stereocenters. The van der Waals surface area contributed by atoms with Gasteiger partial charge in [-0.2, -0.15) is 11.8 Å². The Labute approximate surface area is 194 Å². The van der Waals surface area contributed by atoms with E-state index >= 15 is 0 Å². The van der Waals surface area contributed by atoms with E-state index < -0.39 is 0 Å². The second-order valence-electron chi connectivity index (χ2n) is 9.14. The van der Waals surface area contributed by atoms with E-state index in [9.17, 15) is 0 Å². The van der Waals surface area contributed by atoms with Crippen molar-refractivity contribution in [1.82, 2.24) is 19.7 Å². The Hall–Kier alpha value is -2.74. The molecule has 0 amide bonds. The Kier molecular flexibility index (Phi) is 6.60. The summed E-state index contributed by atoms with van der Waals surface area (Å²) in [6.45, 7) is 9.60. The van der Waals surface area contributed by atoms with Gasteiger partial charge in [-0.1, -0.05) is 19.1 Å². The molecular formula is C24H31N5O2S.